The van der Waals surface area contributed by atoms with Gasteiger partial charge in [-0.2, -0.15) is 5.10 Å². The SMILES string of the molecule is C=Cc1cc(-c2ccncc2)n[nH]1. The summed E-state index contributed by atoms with van der Waals surface area (Å²) in [5.41, 5.74) is 2.89. The topological polar surface area (TPSA) is 41.6 Å². The minimum Gasteiger partial charge on any atom is -0.278 e. The van der Waals surface area contributed by atoms with E-state index in [0.717, 1.165) is 17.0 Å². The van der Waals surface area contributed by atoms with E-state index in [0.29, 0.717) is 0 Å². The van der Waals surface area contributed by atoms with Crippen LogP contribution in [0.1, 0.15) is 5.69 Å². The van der Waals surface area contributed by atoms with Crippen molar-refractivity contribution in [1.29, 1.82) is 0 Å². The molecule has 3 nitrogen and oxygen atoms in total. The second kappa shape index (κ2) is 3.23. The Balaban J connectivity index is 2.41. The summed E-state index contributed by atoms with van der Waals surface area (Å²) in [5.74, 6) is 0. The number of rotatable bonds is 2. The third-order valence-corrected chi connectivity index (χ3v) is 1.79. The van der Waals surface area contributed by atoms with Crippen molar-refractivity contribution in [2.75, 3.05) is 0 Å². The fourth-order valence-corrected chi connectivity index (χ4v) is 1.11. The zero-order chi connectivity index (χ0) is 9.10. The van der Waals surface area contributed by atoms with Gasteiger partial charge in [0.15, 0.2) is 0 Å². The van der Waals surface area contributed by atoms with Gasteiger partial charge in [0, 0.05) is 18.0 Å². The number of hydrogen-bond donors (Lipinski definition) is 1. The molecule has 0 aliphatic carbocycles. The third kappa shape index (κ3) is 1.49. The molecule has 0 saturated heterocycles. The molecule has 2 aromatic rings. The predicted molar refractivity (Wildman–Crippen MR) is 51.9 cm³/mol. The molecule has 0 atom stereocenters. The van der Waals surface area contributed by atoms with Gasteiger partial charge in [0.05, 0.1) is 11.4 Å². The highest BCUT2D eigenvalue weighted by atomic mass is 15.1. The summed E-state index contributed by atoms with van der Waals surface area (Å²) < 4.78 is 0. The van der Waals surface area contributed by atoms with Crippen molar-refractivity contribution < 1.29 is 0 Å². The van der Waals surface area contributed by atoms with Crippen molar-refractivity contribution in [3.63, 3.8) is 0 Å². The number of aromatic nitrogens is 3. The average Bonchev–Trinajstić information content (AvgIpc) is 2.67. The Morgan fingerprint density at radius 2 is 2.08 bits per heavy atom. The van der Waals surface area contributed by atoms with Crippen LogP contribution in [0.4, 0.5) is 0 Å². The van der Waals surface area contributed by atoms with Gasteiger partial charge in [-0.1, -0.05) is 6.58 Å². The fourth-order valence-electron chi connectivity index (χ4n) is 1.11. The van der Waals surface area contributed by atoms with Gasteiger partial charge >= 0.3 is 0 Å². The molecule has 0 aliphatic rings. The number of aromatic amines is 1. The van der Waals surface area contributed by atoms with E-state index in [1.807, 2.05) is 18.2 Å². The van der Waals surface area contributed by atoms with Gasteiger partial charge in [-0.15, -0.1) is 0 Å². The number of pyridine rings is 1. The maximum Gasteiger partial charge on any atom is 0.0928 e. The molecule has 2 rings (SSSR count). The molecule has 0 unspecified atom stereocenters. The quantitative estimate of drug-likeness (QED) is 0.751. The Hall–Kier alpha value is -1.90. The largest absolute Gasteiger partial charge is 0.278 e. The van der Waals surface area contributed by atoms with Crippen LogP contribution in [0, 0.1) is 0 Å². The molecule has 1 N–H and O–H groups in total. The van der Waals surface area contributed by atoms with Crippen LogP contribution < -0.4 is 0 Å². The number of H-pyrrole nitrogens is 1. The van der Waals surface area contributed by atoms with Crippen molar-refractivity contribution in [3.8, 4) is 11.3 Å². The highest BCUT2D eigenvalue weighted by molar-refractivity contribution is 5.61. The van der Waals surface area contributed by atoms with Crippen LogP contribution >= 0.6 is 0 Å². The monoisotopic (exact) mass is 171 g/mol. The first-order chi connectivity index (χ1) is 6.40. The molecule has 13 heavy (non-hydrogen) atoms. The second-order valence-electron chi connectivity index (χ2n) is 2.65. The average molecular weight is 171 g/mol. The Bertz CT molecular complexity index is 403. The van der Waals surface area contributed by atoms with Crippen molar-refractivity contribution >= 4 is 6.08 Å². The van der Waals surface area contributed by atoms with Crippen LogP contribution in [0.15, 0.2) is 37.2 Å². The zero-order valence-electron chi connectivity index (χ0n) is 7.07. The Kier molecular flexibility index (Phi) is 1.92. The molecule has 0 fully saturated rings. The van der Waals surface area contributed by atoms with Gasteiger partial charge in [-0.05, 0) is 24.3 Å². The van der Waals surface area contributed by atoms with Gasteiger partial charge < -0.3 is 0 Å². The summed E-state index contributed by atoms with van der Waals surface area (Å²) >= 11 is 0. The smallest absolute Gasteiger partial charge is 0.0928 e. The summed E-state index contributed by atoms with van der Waals surface area (Å²) in [6.45, 7) is 3.65. The normalized spacial score (nSPS) is 9.85. The first-order valence-corrected chi connectivity index (χ1v) is 3.98. The van der Waals surface area contributed by atoms with E-state index in [4.69, 9.17) is 0 Å². The molecule has 64 valence electrons. The van der Waals surface area contributed by atoms with Crippen LogP contribution in [0.25, 0.3) is 17.3 Å². The molecule has 0 spiro atoms. The molecule has 0 bridgehead atoms. The van der Waals surface area contributed by atoms with Crippen LogP contribution in [0.3, 0.4) is 0 Å². The molecule has 0 saturated carbocycles. The van der Waals surface area contributed by atoms with E-state index in [-0.39, 0.29) is 0 Å². The third-order valence-electron chi connectivity index (χ3n) is 1.79. The van der Waals surface area contributed by atoms with Crippen LogP contribution in [0.2, 0.25) is 0 Å². The molecule has 0 aliphatic heterocycles. The molecular formula is C10H9N3. The van der Waals surface area contributed by atoms with Crippen LogP contribution in [0.5, 0.6) is 0 Å². The van der Waals surface area contributed by atoms with E-state index in [1.165, 1.54) is 0 Å². The van der Waals surface area contributed by atoms with Gasteiger partial charge in [0.1, 0.15) is 0 Å². The van der Waals surface area contributed by atoms with Crippen molar-refractivity contribution in [3.05, 3.63) is 42.9 Å². The number of nitrogens with one attached hydrogen (secondary N) is 1. The van der Waals surface area contributed by atoms with Gasteiger partial charge in [0.25, 0.3) is 0 Å². The first-order valence-electron chi connectivity index (χ1n) is 3.98. The Labute approximate surface area is 76.1 Å². The lowest BCUT2D eigenvalue weighted by molar-refractivity contribution is 1.08. The Morgan fingerprint density at radius 1 is 1.31 bits per heavy atom. The highest BCUT2D eigenvalue weighted by Gasteiger charge is 1.99. The maximum atomic E-state index is 4.13. The van der Waals surface area contributed by atoms with Gasteiger partial charge in [-0.3, -0.25) is 10.1 Å². The van der Waals surface area contributed by atoms with Crippen LogP contribution in [-0.4, -0.2) is 15.2 Å². The molecule has 2 heterocycles. The molecule has 3 heteroatoms. The minimum absolute atomic E-state index is 0.914. The highest BCUT2D eigenvalue weighted by Crippen LogP contribution is 2.16. The summed E-state index contributed by atoms with van der Waals surface area (Å²) in [6, 6.07) is 5.79. The molecule has 2 aromatic heterocycles. The molecule has 0 radical (unpaired) electrons. The molecule has 0 aromatic carbocycles. The molecular weight excluding hydrogens is 162 g/mol. The summed E-state index contributed by atoms with van der Waals surface area (Å²) in [5, 5.41) is 7.00. The van der Waals surface area contributed by atoms with E-state index in [9.17, 15) is 0 Å². The lowest BCUT2D eigenvalue weighted by Gasteiger charge is -1.91. The summed E-state index contributed by atoms with van der Waals surface area (Å²) in [4.78, 5) is 3.94. The minimum atomic E-state index is 0.914. The predicted octanol–water partition coefficient (Wildman–Crippen LogP) is 2.11. The number of nitrogens with zero attached hydrogens (tertiary/aromatic N) is 2. The number of hydrogen-bond acceptors (Lipinski definition) is 2. The lowest BCUT2D eigenvalue weighted by Crippen LogP contribution is -1.77. The van der Waals surface area contributed by atoms with E-state index >= 15 is 0 Å². The van der Waals surface area contributed by atoms with E-state index in [1.54, 1.807) is 18.5 Å². The van der Waals surface area contributed by atoms with Gasteiger partial charge in [-0.25, -0.2) is 0 Å². The standard InChI is InChI=1S/C10H9N3/c1-2-9-7-10(13-12-9)8-3-5-11-6-4-8/h2-7H,1H2,(H,12,13). The lowest BCUT2D eigenvalue weighted by atomic mass is 10.2. The maximum absolute atomic E-state index is 4.13. The van der Waals surface area contributed by atoms with E-state index in [2.05, 4.69) is 21.8 Å². The van der Waals surface area contributed by atoms with Crippen LogP contribution in [-0.2, 0) is 0 Å². The van der Waals surface area contributed by atoms with Gasteiger partial charge in [0.2, 0.25) is 0 Å². The van der Waals surface area contributed by atoms with Crippen molar-refractivity contribution in [2.45, 2.75) is 0 Å². The zero-order valence-corrected chi connectivity index (χ0v) is 7.07. The Morgan fingerprint density at radius 3 is 2.69 bits per heavy atom. The first kappa shape index (κ1) is 7.73. The van der Waals surface area contributed by atoms with Crippen molar-refractivity contribution in [2.24, 2.45) is 0 Å². The fraction of sp³-hybridized carbons (Fsp3) is 0. The summed E-state index contributed by atoms with van der Waals surface area (Å²) in [6.07, 6.45) is 5.23. The summed E-state index contributed by atoms with van der Waals surface area (Å²) in [7, 11) is 0. The molecule has 0 amide bonds. The second-order valence-corrected chi connectivity index (χ2v) is 2.65. The van der Waals surface area contributed by atoms with E-state index < -0.39 is 0 Å². The van der Waals surface area contributed by atoms with Crippen molar-refractivity contribution in [1.82, 2.24) is 15.2 Å².